The smallest absolute Gasteiger partial charge is 0.236 e. The molecule has 0 spiro atoms. The molecule has 102 valence electrons. The van der Waals surface area contributed by atoms with Gasteiger partial charge in [-0.2, -0.15) is 0 Å². The van der Waals surface area contributed by atoms with Gasteiger partial charge in [-0.25, -0.2) is 0 Å². The van der Waals surface area contributed by atoms with E-state index in [4.69, 9.17) is 0 Å². The number of nitrogens with zero attached hydrogens (tertiary/aromatic N) is 1. The third kappa shape index (κ3) is 4.42. The molecule has 1 aromatic rings. The summed E-state index contributed by atoms with van der Waals surface area (Å²) in [5.41, 5.74) is 0. The lowest BCUT2D eigenvalue weighted by atomic mass is 10.1. The number of thiophene rings is 1. The number of hydrogen-bond acceptors (Lipinski definition) is 3. The summed E-state index contributed by atoms with van der Waals surface area (Å²) in [7, 11) is 1.86. The van der Waals surface area contributed by atoms with Crippen molar-refractivity contribution in [3.63, 3.8) is 0 Å². The quantitative estimate of drug-likeness (QED) is 0.824. The number of likely N-dealkylation sites (N-methyl/N-ethyl adjacent to an activating group) is 1. The van der Waals surface area contributed by atoms with Crippen LogP contribution in [-0.2, 0) is 4.79 Å². The van der Waals surface area contributed by atoms with Gasteiger partial charge in [0.15, 0.2) is 0 Å². The van der Waals surface area contributed by atoms with Crippen molar-refractivity contribution in [3.8, 4) is 0 Å². The molecule has 0 aromatic carbocycles. The second-order valence-electron chi connectivity index (χ2n) is 4.84. The van der Waals surface area contributed by atoms with Crippen LogP contribution in [0.2, 0.25) is 0 Å². The molecular weight excluding hydrogens is 244 g/mol. The first kappa shape index (κ1) is 15.2. The maximum atomic E-state index is 11.9. The molecule has 1 unspecified atom stereocenters. The van der Waals surface area contributed by atoms with Crippen molar-refractivity contribution < 1.29 is 4.79 Å². The molecule has 0 aliphatic rings. The summed E-state index contributed by atoms with van der Waals surface area (Å²) < 4.78 is 0. The van der Waals surface area contributed by atoms with Crippen LogP contribution in [0.5, 0.6) is 0 Å². The highest BCUT2D eigenvalue weighted by Gasteiger charge is 2.16. The predicted octanol–water partition coefficient (Wildman–Crippen LogP) is 3.05. The molecule has 1 heterocycles. The lowest BCUT2D eigenvalue weighted by molar-refractivity contribution is -0.130. The van der Waals surface area contributed by atoms with Crippen LogP contribution < -0.4 is 5.32 Å². The third-order valence-corrected chi connectivity index (χ3v) is 4.12. The summed E-state index contributed by atoms with van der Waals surface area (Å²) in [4.78, 5) is 15.0. The molecule has 1 amide bonds. The van der Waals surface area contributed by atoms with Crippen LogP contribution in [0.15, 0.2) is 17.5 Å². The van der Waals surface area contributed by atoms with E-state index < -0.39 is 0 Å². The van der Waals surface area contributed by atoms with Crippen molar-refractivity contribution >= 4 is 17.2 Å². The van der Waals surface area contributed by atoms with Gasteiger partial charge in [-0.15, -0.1) is 11.3 Å². The average Bonchev–Trinajstić information content (AvgIpc) is 2.86. The Morgan fingerprint density at radius 1 is 1.50 bits per heavy atom. The van der Waals surface area contributed by atoms with E-state index in [1.807, 2.05) is 20.9 Å². The van der Waals surface area contributed by atoms with Gasteiger partial charge in [0.2, 0.25) is 5.91 Å². The molecule has 0 aliphatic carbocycles. The van der Waals surface area contributed by atoms with E-state index in [1.54, 1.807) is 16.2 Å². The SMILES string of the molecule is CCCC(NCC(=O)N(C)C(C)C)c1cccs1. The highest BCUT2D eigenvalue weighted by Crippen LogP contribution is 2.22. The summed E-state index contributed by atoms with van der Waals surface area (Å²) in [6.07, 6.45) is 2.18. The normalized spacial score (nSPS) is 12.7. The minimum absolute atomic E-state index is 0.155. The van der Waals surface area contributed by atoms with Gasteiger partial charge in [0, 0.05) is 24.0 Å². The van der Waals surface area contributed by atoms with E-state index >= 15 is 0 Å². The van der Waals surface area contributed by atoms with Crippen molar-refractivity contribution in [3.05, 3.63) is 22.4 Å². The molecule has 4 heteroatoms. The number of hydrogen-bond donors (Lipinski definition) is 1. The molecule has 0 fully saturated rings. The van der Waals surface area contributed by atoms with Gasteiger partial charge >= 0.3 is 0 Å². The molecule has 1 N–H and O–H groups in total. The molecule has 0 saturated carbocycles. The molecule has 0 saturated heterocycles. The maximum Gasteiger partial charge on any atom is 0.236 e. The van der Waals surface area contributed by atoms with Gasteiger partial charge in [0.1, 0.15) is 0 Å². The number of rotatable bonds is 7. The van der Waals surface area contributed by atoms with Gasteiger partial charge < -0.3 is 10.2 Å². The lowest BCUT2D eigenvalue weighted by Crippen LogP contribution is -2.40. The molecule has 1 rings (SSSR count). The first-order valence-corrected chi connectivity index (χ1v) is 7.46. The predicted molar refractivity (Wildman–Crippen MR) is 77.9 cm³/mol. The Labute approximate surface area is 114 Å². The average molecular weight is 268 g/mol. The fraction of sp³-hybridized carbons (Fsp3) is 0.643. The summed E-state index contributed by atoms with van der Waals surface area (Å²) in [5, 5.41) is 5.46. The molecule has 1 aromatic heterocycles. The van der Waals surface area contributed by atoms with E-state index in [0.717, 1.165) is 12.8 Å². The molecule has 0 radical (unpaired) electrons. The Morgan fingerprint density at radius 2 is 2.22 bits per heavy atom. The van der Waals surface area contributed by atoms with Crippen molar-refractivity contribution in [1.82, 2.24) is 10.2 Å². The maximum absolute atomic E-state index is 11.9. The molecule has 18 heavy (non-hydrogen) atoms. The van der Waals surface area contributed by atoms with E-state index in [1.165, 1.54) is 4.88 Å². The number of amides is 1. The fourth-order valence-corrected chi connectivity index (χ4v) is 2.58. The van der Waals surface area contributed by atoms with Gasteiger partial charge in [0.05, 0.1) is 6.54 Å². The van der Waals surface area contributed by atoms with Crippen molar-refractivity contribution in [2.24, 2.45) is 0 Å². The van der Waals surface area contributed by atoms with Crippen LogP contribution in [-0.4, -0.2) is 30.4 Å². The zero-order valence-electron chi connectivity index (χ0n) is 11.8. The second kappa shape index (κ2) is 7.54. The summed E-state index contributed by atoms with van der Waals surface area (Å²) in [6.45, 7) is 6.64. The number of carbonyl (C=O) groups excluding carboxylic acids is 1. The van der Waals surface area contributed by atoms with Gasteiger partial charge in [-0.3, -0.25) is 4.79 Å². The summed E-state index contributed by atoms with van der Waals surface area (Å²) in [5.74, 6) is 0.155. The Kier molecular flexibility index (Phi) is 6.36. The molecule has 0 aliphatic heterocycles. The zero-order chi connectivity index (χ0) is 13.5. The monoisotopic (exact) mass is 268 g/mol. The standard InChI is InChI=1S/C14H24N2OS/c1-5-7-12(13-8-6-9-18-13)15-10-14(17)16(4)11(2)3/h6,8-9,11-12,15H,5,7,10H2,1-4H3. The van der Waals surface area contributed by atoms with Gasteiger partial charge in [-0.1, -0.05) is 19.4 Å². The minimum Gasteiger partial charge on any atom is -0.342 e. The van der Waals surface area contributed by atoms with Crippen molar-refractivity contribution in [2.75, 3.05) is 13.6 Å². The number of carbonyl (C=O) groups is 1. The van der Waals surface area contributed by atoms with Gasteiger partial charge in [0.25, 0.3) is 0 Å². The van der Waals surface area contributed by atoms with E-state index in [-0.39, 0.29) is 11.9 Å². The zero-order valence-corrected chi connectivity index (χ0v) is 12.6. The van der Waals surface area contributed by atoms with E-state index in [0.29, 0.717) is 12.6 Å². The Hall–Kier alpha value is -0.870. The minimum atomic E-state index is 0.155. The van der Waals surface area contributed by atoms with E-state index in [9.17, 15) is 4.79 Å². The fourth-order valence-electron chi connectivity index (χ4n) is 1.75. The lowest BCUT2D eigenvalue weighted by Gasteiger charge is -2.23. The first-order chi connectivity index (χ1) is 8.56. The first-order valence-electron chi connectivity index (χ1n) is 6.58. The molecule has 1 atom stereocenters. The van der Waals surface area contributed by atoms with Crippen LogP contribution >= 0.6 is 11.3 Å². The van der Waals surface area contributed by atoms with Crippen molar-refractivity contribution in [2.45, 2.75) is 45.7 Å². The Balaban J connectivity index is 2.50. The molecular formula is C14H24N2OS. The topological polar surface area (TPSA) is 32.3 Å². The van der Waals surface area contributed by atoms with Crippen LogP contribution in [0.4, 0.5) is 0 Å². The van der Waals surface area contributed by atoms with Crippen LogP contribution in [0.1, 0.15) is 44.5 Å². The molecule has 0 bridgehead atoms. The summed E-state index contributed by atoms with van der Waals surface area (Å²) >= 11 is 1.75. The number of nitrogens with one attached hydrogen (secondary N) is 1. The summed E-state index contributed by atoms with van der Waals surface area (Å²) in [6, 6.07) is 4.76. The third-order valence-electron chi connectivity index (χ3n) is 3.13. The van der Waals surface area contributed by atoms with Crippen LogP contribution in [0.25, 0.3) is 0 Å². The van der Waals surface area contributed by atoms with Crippen LogP contribution in [0.3, 0.4) is 0 Å². The highest BCUT2D eigenvalue weighted by molar-refractivity contribution is 7.10. The van der Waals surface area contributed by atoms with Crippen molar-refractivity contribution in [1.29, 1.82) is 0 Å². The molecule has 3 nitrogen and oxygen atoms in total. The van der Waals surface area contributed by atoms with Gasteiger partial charge in [-0.05, 0) is 31.7 Å². The van der Waals surface area contributed by atoms with Crippen LogP contribution in [0, 0.1) is 0 Å². The second-order valence-corrected chi connectivity index (χ2v) is 5.82. The van der Waals surface area contributed by atoms with E-state index in [2.05, 4.69) is 29.8 Å². The Bertz CT molecular complexity index is 349. The largest absolute Gasteiger partial charge is 0.342 e. The highest BCUT2D eigenvalue weighted by atomic mass is 32.1. The Morgan fingerprint density at radius 3 is 2.72 bits per heavy atom.